The molecule has 1 unspecified atom stereocenters. The SMILES string of the molecule is CC(=O)c1cccc(OCCCC(=O)NC(C)c2ccncc2)c1. The van der Waals surface area contributed by atoms with Gasteiger partial charge in [0, 0.05) is 24.4 Å². The Labute approximate surface area is 142 Å². The van der Waals surface area contributed by atoms with Gasteiger partial charge in [-0.3, -0.25) is 14.6 Å². The summed E-state index contributed by atoms with van der Waals surface area (Å²) in [5, 5.41) is 2.95. The third kappa shape index (κ3) is 5.50. The van der Waals surface area contributed by atoms with E-state index in [-0.39, 0.29) is 17.7 Å². The Morgan fingerprint density at radius 3 is 2.67 bits per heavy atom. The van der Waals surface area contributed by atoms with Crippen LogP contribution >= 0.6 is 0 Å². The number of nitrogens with one attached hydrogen (secondary N) is 1. The molecule has 0 aliphatic rings. The van der Waals surface area contributed by atoms with E-state index >= 15 is 0 Å². The molecule has 0 saturated heterocycles. The van der Waals surface area contributed by atoms with Gasteiger partial charge in [-0.2, -0.15) is 0 Å². The van der Waals surface area contributed by atoms with Gasteiger partial charge in [0.2, 0.25) is 5.91 Å². The molecule has 0 aliphatic carbocycles. The maximum atomic E-state index is 12.0. The number of carbonyl (C=O) groups excluding carboxylic acids is 2. The van der Waals surface area contributed by atoms with Crippen LogP contribution in [0.5, 0.6) is 5.75 Å². The van der Waals surface area contributed by atoms with Crippen LogP contribution in [0.15, 0.2) is 48.8 Å². The number of hydrogen-bond donors (Lipinski definition) is 1. The van der Waals surface area contributed by atoms with Crippen LogP contribution in [0.1, 0.15) is 48.7 Å². The summed E-state index contributed by atoms with van der Waals surface area (Å²) in [5.74, 6) is 0.638. The highest BCUT2D eigenvalue weighted by molar-refractivity contribution is 5.94. The molecule has 0 fully saturated rings. The van der Waals surface area contributed by atoms with Crippen LogP contribution in [0.4, 0.5) is 0 Å². The first-order valence-corrected chi connectivity index (χ1v) is 7.99. The van der Waals surface area contributed by atoms with Crippen molar-refractivity contribution in [2.24, 2.45) is 0 Å². The Balaban J connectivity index is 1.71. The maximum Gasteiger partial charge on any atom is 0.220 e. The minimum Gasteiger partial charge on any atom is -0.494 e. The Morgan fingerprint density at radius 1 is 1.21 bits per heavy atom. The Kier molecular flexibility index (Phi) is 6.49. The number of rotatable bonds is 8. The summed E-state index contributed by atoms with van der Waals surface area (Å²) in [6.45, 7) is 3.89. The predicted octanol–water partition coefficient (Wildman–Crippen LogP) is 3.32. The van der Waals surface area contributed by atoms with E-state index in [1.165, 1.54) is 6.92 Å². The second-order valence-electron chi connectivity index (χ2n) is 5.61. The average molecular weight is 326 g/mol. The second kappa shape index (κ2) is 8.82. The molecule has 5 nitrogen and oxygen atoms in total. The zero-order chi connectivity index (χ0) is 17.4. The van der Waals surface area contributed by atoms with E-state index in [2.05, 4.69) is 10.3 Å². The highest BCUT2D eigenvalue weighted by Crippen LogP contribution is 2.14. The molecule has 0 radical (unpaired) electrons. The number of nitrogens with zero attached hydrogens (tertiary/aromatic N) is 1. The minimum atomic E-state index is -0.0475. The summed E-state index contributed by atoms with van der Waals surface area (Å²) in [6.07, 6.45) is 4.42. The van der Waals surface area contributed by atoms with Gasteiger partial charge in [0.25, 0.3) is 0 Å². The number of ketones is 1. The molecular weight excluding hydrogens is 304 g/mol. The number of hydrogen-bond acceptors (Lipinski definition) is 4. The number of amides is 1. The summed E-state index contributed by atoms with van der Waals surface area (Å²) in [6, 6.07) is 10.8. The fraction of sp³-hybridized carbons (Fsp3) is 0.316. The number of carbonyl (C=O) groups is 2. The summed E-state index contributed by atoms with van der Waals surface area (Å²) in [7, 11) is 0. The molecule has 0 bridgehead atoms. The number of Topliss-reactive ketones (excluding diaryl/α,β-unsaturated/α-hetero) is 1. The molecule has 1 aromatic carbocycles. The lowest BCUT2D eigenvalue weighted by molar-refractivity contribution is -0.121. The number of aromatic nitrogens is 1. The van der Waals surface area contributed by atoms with E-state index in [0.717, 1.165) is 5.56 Å². The van der Waals surface area contributed by atoms with Crippen molar-refractivity contribution in [2.45, 2.75) is 32.7 Å². The molecule has 1 N–H and O–H groups in total. The van der Waals surface area contributed by atoms with Crippen LogP contribution in [0.3, 0.4) is 0 Å². The smallest absolute Gasteiger partial charge is 0.220 e. The Hall–Kier alpha value is -2.69. The van der Waals surface area contributed by atoms with E-state index in [1.54, 1.807) is 36.7 Å². The highest BCUT2D eigenvalue weighted by Gasteiger charge is 2.09. The maximum absolute atomic E-state index is 12.0. The second-order valence-corrected chi connectivity index (χ2v) is 5.61. The molecule has 1 heterocycles. The number of benzene rings is 1. The first-order valence-electron chi connectivity index (χ1n) is 7.99. The summed E-state index contributed by atoms with van der Waals surface area (Å²) < 4.78 is 5.60. The molecule has 126 valence electrons. The van der Waals surface area contributed by atoms with Crippen LogP contribution < -0.4 is 10.1 Å². The molecule has 2 rings (SSSR count). The zero-order valence-corrected chi connectivity index (χ0v) is 14.0. The lowest BCUT2D eigenvalue weighted by atomic mass is 10.1. The van der Waals surface area contributed by atoms with Crippen LogP contribution in [0.2, 0.25) is 0 Å². The summed E-state index contributed by atoms with van der Waals surface area (Å²) in [4.78, 5) is 27.2. The number of pyridine rings is 1. The van der Waals surface area contributed by atoms with Gasteiger partial charge in [-0.1, -0.05) is 12.1 Å². The van der Waals surface area contributed by atoms with Gasteiger partial charge in [-0.15, -0.1) is 0 Å². The van der Waals surface area contributed by atoms with Crippen LogP contribution in [0, 0.1) is 0 Å². The van der Waals surface area contributed by atoms with Crippen LogP contribution in [-0.2, 0) is 4.79 Å². The van der Waals surface area contributed by atoms with Gasteiger partial charge in [-0.25, -0.2) is 0 Å². The number of ether oxygens (including phenoxy) is 1. The quantitative estimate of drug-likeness (QED) is 0.597. The van der Waals surface area contributed by atoms with E-state index < -0.39 is 0 Å². The zero-order valence-electron chi connectivity index (χ0n) is 14.0. The van der Waals surface area contributed by atoms with Crippen molar-refractivity contribution >= 4 is 11.7 Å². The molecule has 0 aliphatic heterocycles. The molecule has 1 aromatic heterocycles. The largest absolute Gasteiger partial charge is 0.494 e. The summed E-state index contributed by atoms with van der Waals surface area (Å²) in [5.41, 5.74) is 1.65. The molecule has 0 spiro atoms. The van der Waals surface area contributed by atoms with E-state index in [0.29, 0.717) is 30.8 Å². The molecule has 24 heavy (non-hydrogen) atoms. The van der Waals surface area contributed by atoms with E-state index in [1.807, 2.05) is 19.1 Å². The van der Waals surface area contributed by atoms with Gasteiger partial charge < -0.3 is 10.1 Å². The van der Waals surface area contributed by atoms with Gasteiger partial charge in [0.05, 0.1) is 12.6 Å². The van der Waals surface area contributed by atoms with Gasteiger partial charge in [0.15, 0.2) is 5.78 Å². The topological polar surface area (TPSA) is 68.3 Å². The van der Waals surface area contributed by atoms with Crippen molar-refractivity contribution < 1.29 is 14.3 Å². The van der Waals surface area contributed by atoms with Crippen molar-refractivity contribution in [3.05, 3.63) is 59.9 Å². The molecule has 5 heteroatoms. The molecule has 0 saturated carbocycles. The average Bonchev–Trinajstić information content (AvgIpc) is 2.59. The highest BCUT2D eigenvalue weighted by atomic mass is 16.5. The van der Waals surface area contributed by atoms with Gasteiger partial charge in [0.1, 0.15) is 5.75 Å². The van der Waals surface area contributed by atoms with Crippen molar-refractivity contribution in [1.82, 2.24) is 10.3 Å². The predicted molar refractivity (Wildman–Crippen MR) is 92.0 cm³/mol. The van der Waals surface area contributed by atoms with Crippen molar-refractivity contribution in [3.63, 3.8) is 0 Å². The third-order valence-electron chi connectivity index (χ3n) is 3.64. The minimum absolute atomic E-state index is 0.00456. The first kappa shape index (κ1) is 17.7. The molecule has 1 atom stereocenters. The fourth-order valence-corrected chi connectivity index (χ4v) is 2.28. The van der Waals surface area contributed by atoms with Crippen molar-refractivity contribution in [2.75, 3.05) is 6.61 Å². The monoisotopic (exact) mass is 326 g/mol. The van der Waals surface area contributed by atoms with E-state index in [4.69, 9.17) is 4.74 Å². The third-order valence-corrected chi connectivity index (χ3v) is 3.64. The van der Waals surface area contributed by atoms with Crippen LogP contribution in [0.25, 0.3) is 0 Å². The lowest BCUT2D eigenvalue weighted by Gasteiger charge is -2.14. The Morgan fingerprint density at radius 2 is 1.96 bits per heavy atom. The normalized spacial score (nSPS) is 11.6. The standard InChI is InChI=1S/C19H22N2O3/c1-14(16-8-10-20-11-9-16)21-19(23)7-4-12-24-18-6-3-5-17(13-18)15(2)22/h3,5-6,8-11,13-14H,4,7,12H2,1-2H3,(H,21,23). The lowest BCUT2D eigenvalue weighted by Crippen LogP contribution is -2.26. The van der Waals surface area contributed by atoms with Crippen LogP contribution in [-0.4, -0.2) is 23.3 Å². The molecule has 2 aromatic rings. The fourth-order valence-electron chi connectivity index (χ4n) is 2.28. The molecular formula is C19H22N2O3. The van der Waals surface area contributed by atoms with E-state index in [9.17, 15) is 9.59 Å². The Bertz CT molecular complexity index is 686. The van der Waals surface area contributed by atoms with Crippen molar-refractivity contribution in [3.8, 4) is 5.75 Å². The summed E-state index contributed by atoms with van der Waals surface area (Å²) >= 11 is 0. The van der Waals surface area contributed by atoms with Gasteiger partial charge in [-0.05, 0) is 50.1 Å². The van der Waals surface area contributed by atoms with Crippen molar-refractivity contribution in [1.29, 1.82) is 0 Å². The van der Waals surface area contributed by atoms with Gasteiger partial charge >= 0.3 is 0 Å². The molecule has 1 amide bonds. The first-order chi connectivity index (χ1) is 11.6.